The van der Waals surface area contributed by atoms with Crippen LogP contribution in [0.4, 0.5) is 0 Å². The Labute approximate surface area is 217 Å². The third kappa shape index (κ3) is 4.29. The maximum absolute atomic E-state index is 12.9. The van der Waals surface area contributed by atoms with Crippen LogP contribution >= 0.6 is 0 Å². The summed E-state index contributed by atoms with van der Waals surface area (Å²) in [5.41, 5.74) is 2.26. The van der Waals surface area contributed by atoms with Crippen LogP contribution in [0.25, 0.3) is 22.5 Å². The van der Waals surface area contributed by atoms with Crippen LogP contribution in [-0.4, -0.2) is 60.4 Å². The van der Waals surface area contributed by atoms with Crippen molar-refractivity contribution in [2.75, 3.05) is 6.61 Å². The molecule has 0 aliphatic carbocycles. The van der Waals surface area contributed by atoms with Crippen LogP contribution in [0.5, 0.6) is 0 Å². The Balaban J connectivity index is 1.41. The minimum absolute atomic E-state index is 0.0484. The molecule has 11 nitrogen and oxygen atoms in total. The lowest BCUT2D eigenvalue weighted by molar-refractivity contribution is -0.200. The van der Waals surface area contributed by atoms with Gasteiger partial charge in [0.05, 0.1) is 24.4 Å². The number of aliphatic hydroxyl groups excluding tert-OH is 1. The van der Waals surface area contributed by atoms with Gasteiger partial charge in [0, 0.05) is 17.3 Å². The zero-order chi connectivity index (χ0) is 26.4. The smallest absolute Gasteiger partial charge is 0.330 e. The van der Waals surface area contributed by atoms with E-state index in [1.54, 1.807) is 18.5 Å². The van der Waals surface area contributed by atoms with Crippen molar-refractivity contribution in [2.45, 2.75) is 50.7 Å². The molecule has 196 valence electrons. The minimum atomic E-state index is -0.904. The van der Waals surface area contributed by atoms with Crippen molar-refractivity contribution in [2.24, 2.45) is 0 Å². The van der Waals surface area contributed by atoms with E-state index in [4.69, 9.17) is 14.2 Å². The number of rotatable bonds is 6. The standard InChI is InChI=1S/C27H27N5O6/c1-27(2)37-22-19(15-33)36-25(23(22)38-27)31-13-18(24(34)28-26(31)35)14-32-21(17-11-7-4-8-12-17)20(29-30-32)16-9-5-3-6-10-16/h3-13,19,22-23,25,33H,14-15H2,1-2H3,(H,28,34,35)/t19-,22-,23-,25-/m1/s1. The van der Waals surface area contributed by atoms with Gasteiger partial charge in [-0.05, 0) is 13.8 Å². The predicted octanol–water partition coefficient (Wildman–Crippen LogP) is 1.92. The van der Waals surface area contributed by atoms with Crippen LogP contribution in [0.2, 0.25) is 0 Å². The Morgan fingerprint density at radius 2 is 1.63 bits per heavy atom. The molecule has 2 saturated heterocycles. The monoisotopic (exact) mass is 517 g/mol. The first-order chi connectivity index (χ1) is 18.3. The van der Waals surface area contributed by atoms with E-state index in [1.807, 2.05) is 60.7 Å². The van der Waals surface area contributed by atoms with E-state index >= 15 is 0 Å². The molecule has 0 radical (unpaired) electrons. The van der Waals surface area contributed by atoms with Crippen molar-refractivity contribution < 1.29 is 19.3 Å². The number of aromatic amines is 1. The predicted molar refractivity (Wildman–Crippen MR) is 136 cm³/mol. The third-order valence-electron chi connectivity index (χ3n) is 6.77. The van der Waals surface area contributed by atoms with Gasteiger partial charge in [-0.3, -0.25) is 14.3 Å². The fourth-order valence-corrected chi connectivity index (χ4v) is 5.12. The van der Waals surface area contributed by atoms with E-state index < -0.39 is 41.6 Å². The molecule has 0 bridgehead atoms. The number of fused-ring (bicyclic) bond motifs is 1. The molecular weight excluding hydrogens is 490 g/mol. The molecule has 4 atom stereocenters. The van der Waals surface area contributed by atoms with Crippen LogP contribution in [0, 0.1) is 0 Å². The molecule has 4 aromatic rings. The second-order valence-corrected chi connectivity index (χ2v) is 9.81. The number of aliphatic hydroxyl groups is 1. The lowest BCUT2D eigenvalue weighted by atomic mass is 10.0. The molecule has 0 saturated carbocycles. The summed E-state index contributed by atoms with van der Waals surface area (Å²) in [4.78, 5) is 28.2. The maximum atomic E-state index is 12.9. The van der Waals surface area contributed by atoms with Gasteiger partial charge >= 0.3 is 5.69 Å². The van der Waals surface area contributed by atoms with Crippen LogP contribution in [-0.2, 0) is 20.8 Å². The van der Waals surface area contributed by atoms with Crippen molar-refractivity contribution in [3.05, 3.63) is 93.3 Å². The van der Waals surface area contributed by atoms with E-state index in [-0.39, 0.29) is 18.7 Å². The molecule has 2 N–H and O–H groups in total. The number of hydrogen-bond acceptors (Lipinski definition) is 8. The number of aromatic nitrogens is 5. The van der Waals surface area contributed by atoms with Crippen molar-refractivity contribution >= 4 is 0 Å². The van der Waals surface area contributed by atoms with Gasteiger partial charge in [0.25, 0.3) is 5.56 Å². The first-order valence-electron chi connectivity index (χ1n) is 12.4. The molecule has 0 spiro atoms. The molecule has 0 amide bonds. The highest BCUT2D eigenvalue weighted by atomic mass is 16.8. The Hall–Kier alpha value is -3.90. The van der Waals surface area contributed by atoms with E-state index in [1.165, 1.54) is 10.8 Å². The summed E-state index contributed by atoms with van der Waals surface area (Å²) in [6.45, 7) is 3.27. The minimum Gasteiger partial charge on any atom is -0.394 e. The maximum Gasteiger partial charge on any atom is 0.330 e. The van der Waals surface area contributed by atoms with E-state index in [2.05, 4.69) is 15.3 Å². The summed E-state index contributed by atoms with van der Waals surface area (Å²) in [7, 11) is 0. The highest BCUT2D eigenvalue weighted by molar-refractivity contribution is 5.77. The van der Waals surface area contributed by atoms with Gasteiger partial charge < -0.3 is 19.3 Å². The highest BCUT2D eigenvalue weighted by Crippen LogP contribution is 2.42. The molecule has 4 heterocycles. The molecule has 2 aromatic carbocycles. The van der Waals surface area contributed by atoms with Gasteiger partial charge in [-0.2, -0.15) is 0 Å². The molecule has 38 heavy (non-hydrogen) atoms. The quantitative estimate of drug-likeness (QED) is 0.396. The van der Waals surface area contributed by atoms with Crippen LogP contribution in [0.1, 0.15) is 25.6 Å². The molecule has 6 rings (SSSR count). The van der Waals surface area contributed by atoms with Gasteiger partial charge in [-0.15, -0.1) is 5.10 Å². The Morgan fingerprint density at radius 1 is 0.974 bits per heavy atom. The third-order valence-corrected chi connectivity index (χ3v) is 6.77. The van der Waals surface area contributed by atoms with Gasteiger partial charge in [0.15, 0.2) is 12.0 Å². The summed E-state index contributed by atoms with van der Waals surface area (Å²) in [5.74, 6) is -0.904. The largest absolute Gasteiger partial charge is 0.394 e. The van der Waals surface area contributed by atoms with Crippen LogP contribution in [0.15, 0.2) is 76.4 Å². The first kappa shape index (κ1) is 24.4. The second-order valence-electron chi connectivity index (χ2n) is 9.81. The molecular formula is C27H27N5O6. The van der Waals surface area contributed by atoms with Gasteiger partial charge in [-0.1, -0.05) is 65.9 Å². The van der Waals surface area contributed by atoms with Crippen LogP contribution in [0.3, 0.4) is 0 Å². The fourth-order valence-electron chi connectivity index (χ4n) is 5.12. The van der Waals surface area contributed by atoms with Crippen molar-refractivity contribution in [3.63, 3.8) is 0 Å². The topological polar surface area (TPSA) is 133 Å². The normalized spacial score (nSPS) is 24.0. The number of ether oxygens (including phenoxy) is 3. The summed E-state index contributed by atoms with van der Waals surface area (Å²) in [6, 6.07) is 19.3. The lowest BCUT2D eigenvalue weighted by Gasteiger charge is -2.24. The molecule has 2 fully saturated rings. The summed E-state index contributed by atoms with van der Waals surface area (Å²) < 4.78 is 20.8. The Kier molecular flexibility index (Phi) is 6.07. The summed E-state index contributed by atoms with van der Waals surface area (Å²) in [5, 5.41) is 18.6. The van der Waals surface area contributed by atoms with Gasteiger partial charge in [0.2, 0.25) is 0 Å². The van der Waals surface area contributed by atoms with Gasteiger partial charge in [0.1, 0.15) is 24.0 Å². The number of hydrogen-bond donors (Lipinski definition) is 2. The molecule has 2 aliphatic heterocycles. The molecule has 2 aliphatic rings. The zero-order valence-corrected chi connectivity index (χ0v) is 20.9. The van der Waals surface area contributed by atoms with Crippen molar-refractivity contribution in [1.82, 2.24) is 24.5 Å². The number of H-pyrrole nitrogens is 1. The van der Waals surface area contributed by atoms with Gasteiger partial charge in [-0.25, -0.2) is 9.48 Å². The average Bonchev–Trinajstić information content (AvgIpc) is 3.57. The highest BCUT2D eigenvalue weighted by Gasteiger charge is 2.55. The molecule has 2 aromatic heterocycles. The fraction of sp³-hybridized carbons (Fsp3) is 0.333. The number of nitrogens with zero attached hydrogens (tertiary/aromatic N) is 4. The van der Waals surface area contributed by atoms with Crippen LogP contribution < -0.4 is 11.2 Å². The molecule has 11 heteroatoms. The second kappa shape index (κ2) is 9.44. The van der Waals surface area contributed by atoms with E-state index in [0.29, 0.717) is 5.69 Å². The Morgan fingerprint density at radius 3 is 2.32 bits per heavy atom. The lowest BCUT2D eigenvalue weighted by Crippen LogP contribution is -2.39. The summed E-state index contributed by atoms with van der Waals surface area (Å²) in [6.07, 6.45) is -1.32. The molecule has 0 unspecified atom stereocenters. The SMILES string of the molecule is CC1(C)O[C@@H]2[C@H](O1)[C@@H](CO)O[C@H]2n1cc(Cn2nnc(-c3ccccc3)c2-c2ccccc2)c(=O)[nH]c1=O. The first-order valence-corrected chi connectivity index (χ1v) is 12.4. The zero-order valence-electron chi connectivity index (χ0n) is 20.9. The van der Waals surface area contributed by atoms with Crippen molar-refractivity contribution in [3.8, 4) is 22.5 Å². The van der Waals surface area contributed by atoms with Crippen molar-refractivity contribution in [1.29, 1.82) is 0 Å². The number of benzene rings is 2. The average molecular weight is 518 g/mol. The van der Waals surface area contributed by atoms with E-state index in [9.17, 15) is 14.7 Å². The number of nitrogens with one attached hydrogen (secondary N) is 1. The summed E-state index contributed by atoms with van der Waals surface area (Å²) >= 11 is 0. The Bertz CT molecular complexity index is 1560. The van der Waals surface area contributed by atoms with E-state index in [0.717, 1.165) is 16.8 Å².